The molecule has 0 amide bonds. The number of fused-ring (bicyclic) bond motifs is 1. The van der Waals surface area contributed by atoms with Gasteiger partial charge in [-0.3, -0.25) is 4.98 Å². The third-order valence-electron chi connectivity index (χ3n) is 4.69. The molecule has 1 aliphatic rings. The average molecular weight is 295 g/mol. The third-order valence-corrected chi connectivity index (χ3v) is 4.69. The molecule has 0 saturated carbocycles. The number of nitrogens with zero attached hydrogens (tertiary/aromatic N) is 3. The van der Waals surface area contributed by atoms with Gasteiger partial charge in [0, 0.05) is 49.3 Å². The van der Waals surface area contributed by atoms with Crippen LogP contribution in [0, 0.1) is 12.5 Å². The van der Waals surface area contributed by atoms with Crippen LogP contribution in [0.3, 0.4) is 0 Å². The van der Waals surface area contributed by atoms with E-state index >= 15 is 0 Å². The van der Waals surface area contributed by atoms with Crippen molar-refractivity contribution in [1.29, 1.82) is 0 Å². The second-order valence-electron chi connectivity index (χ2n) is 5.91. The number of ether oxygens (including phenoxy) is 1. The summed E-state index contributed by atoms with van der Waals surface area (Å²) in [5.41, 5.74) is 2.20. The summed E-state index contributed by atoms with van der Waals surface area (Å²) in [6.07, 6.45) is 4.04. The molecule has 0 bridgehead atoms. The predicted octanol–water partition coefficient (Wildman–Crippen LogP) is 3.77. The summed E-state index contributed by atoms with van der Waals surface area (Å²) < 4.78 is 5.28. The van der Waals surface area contributed by atoms with Crippen LogP contribution < -0.4 is 9.64 Å². The van der Waals surface area contributed by atoms with E-state index in [9.17, 15) is 0 Å². The minimum absolute atomic E-state index is 0.139. The number of piperidine rings is 1. The van der Waals surface area contributed by atoms with E-state index in [0.29, 0.717) is 5.92 Å². The minimum Gasteiger partial charge on any atom is -0.497 e. The van der Waals surface area contributed by atoms with Crippen LogP contribution in [0.4, 0.5) is 5.69 Å². The number of rotatable bonds is 3. The number of benzene rings is 1. The number of methoxy groups -OCH3 is 1. The Labute approximate surface area is 131 Å². The van der Waals surface area contributed by atoms with Gasteiger partial charge in [0.15, 0.2) is 0 Å². The number of aromatic nitrogens is 1. The fourth-order valence-electron chi connectivity index (χ4n) is 3.24. The quantitative estimate of drug-likeness (QED) is 0.807. The number of hydrogen-bond acceptors (Lipinski definition) is 3. The fourth-order valence-corrected chi connectivity index (χ4v) is 3.24. The molecular formula is C18H21N3O. The van der Waals surface area contributed by atoms with Crippen molar-refractivity contribution in [3.05, 3.63) is 41.9 Å². The van der Waals surface area contributed by atoms with Crippen LogP contribution >= 0.6 is 0 Å². The summed E-state index contributed by atoms with van der Waals surface area (Å²) >= 11 is 0. The lowest BCUT2D eigenvalue weighted by atomic mass is 9.90. The molecule has 1 aromatic carbocycles. The Morgan fingerprint density at radius 1 is 1.32 bits per heavy atom. The van der Waals surface area contributed by atoms with Gasteiger partial charge in [-0.25, -0.2) is 6.57 Å². The zero-order chi connectivity index (χ0) is 15.5. The van der Waals surface area contributed by atoms with E-state index in [1.165, 1.54) is 11.1 Å². The van der Waals surface area contributed by atoms with Crippen LogP contribution in [0.15, 0.2) is 30.5 Å². The normalized spacial score (nSPS) is 17.2. The first-order valence-electron chi connectivity index (χ1n) is 7.77. The van der Waals surface area contributed by atoms with Crippen molar-refractivity contribution < 1.29 is 4.74 Å². The Kier molecular flexibility index (Phi) is 4.15. The Morgan fingerprint density at radius 3 is 2.77 bits per heavy atom. The van der Waals surface area contributed by atoms with Gasteiger partial charge < -0.3 is 14.5 Å². The van der Waals surface area contributed by atoms with E-state index in [2.05, 4.69) is 26.9 Å². The average Bonchev–Trinajstić information content (AvgIpc) is 2.60. The van der Waals surface area contributed by atoms with Crippen LogP contribution in [0.1, 0.15) is 19.8 Å². The lowest BCUT2D eigenvalue weighted by Crippen LogP contribution is -2.36. The van der Waals surface area contributed by atoms with Gasteiger partial charge in [0.05, 0.1) is 12.6 Å². The molecule has 1 unspecified atom stereocenters. The molecule has 0 spiro atoms. The number of hydrogen-bond donors (Lipinski definition) is 0. The molecule has 22 heavy (non-hydrogen) atoms. The largest absolute Gasteiger partial charge is 0.497 e. The van der Waals surface area contributed by atoms with E-state index in [0.717, 1.165) is 37.2 Å². The Morgan fingerprint density at radius 2 is 2.09 bits per heavy atom. The molecule has 4 heteroatoms. The predicted molar refractivity (Wildman–Crippen MR) is 89.3 cm³/mol. The van der Waals surface area contributed by atoms with Gasteiger partial charge in [-0.1, -0.05) is 0 Å². The summed E-state index contributed by atoms with van der Waals surface area (Å²) in [5, 5.41) is 1.17. The molecule has 2 heterocycles. The van der Waals surface area contributed by atoms with E-state index in [1.54, 1.807) is 7.11 Å². The van der Waals surface area contributed by atoms with Crippen molar-refractivity contribution in [2.75, 3.05) is 25.1 Å². The minimum atomic E-state index is 0.139. The molecule has 0 aliphatic carbocycles. The molecule has 1 saturated heterocycles. The SMILES string of the molecule is [C-]#[N+]C(C)C1CCN(c2ccnc3cc(OC)ccc23)CC1. The molecule has 1 fully saturated rings. The van der Waals surface area contributed by atoms with E-state index in [-0.39, 0.29) is 6.04 Å². The molecule has 1 aliphatic heterocycles. The summed E-state index contributed by atoms with van der Waals surface area (Å²) in [6, 6.07) is 8.28. The molecular weight excluding hydrogens is 274 g/mol. The maximum absolute atomic E-state index is 7.20. The van der Waals surface area contributed by atoms with Gasteiger partial charge in [-0.2, -0.15) is 0 Å². The van der Waals surface area contributed by atoms with Crippen LogP contribution in [0.25, 0.3) is 15.7 Å². The highest BCUT2D eigenvalue weighted by atomic mass is 16.5. The summed E-state index contributed by atoms with van der Waals surface area (Å²) in [6.45, 7) is 11.3. The topological polar surface area (TPSA) is 29.7 Å². The van der Waals surface area contributed by atoms with Crippen molar-refractivity contribution in [3.63, 3.8) is 0 Å². The van der Waals surface area contributed by atoms with Gasteiger partial charge in [-0.15, -0.1) is 0 Å². The van der Waals surface area contributed by atoms with Crippen LogP contribution in [0.5, 0.6) is 5.75 Å². The summed E-state index contributed by atoms with van der Waals surface area (Å²) in [7, 11) is 1.67. The standard InChI is InChI=1S/C18H21N3O/c1-13(19-2)14-7-10-21(11-8-14)18-6-9-20-17-12-15(22-3)4-5-16(17)18/h4-6,9,12-14H,7-8,10-11H2,1,3H3. The number of pyridine rings is 1. The Bertz CT molecular complexity index is 699. The molecule has 1 atom stereocenters. The van der Waals surface area contributed by atoms with E-state index < -0.39 is 0 Å². The van der Waals surface area contributed by atoms with Gasteiger partial charge in [0.2, 0.25) is 6.04 Å². The second kappa shape index (κ2) is 6.23. The smallest absolute Gasteiger partial charge is 0.223 e. The molecule has 114 valence electrons. The lowest BCUT2D eigenvalue weighted by Gasteiger charge is -2.33. The van der Waals surface area contributed by atoms with E-state index in [4.69, 9.17) is 11.3 Å². The molecule has 0 N–H and O–H groups in total. The van der Waals surface area contributed by atoms with Gasteiger partial charge >= 0.3 is 0 Å². The van der Waals surface area contributed by atoms with Crippen molar-refractivity contribution in [3.8, 4) is 5.75 Å². The highest BCUT2D eigenvalue weighted by Crippen LogP contribution is 2.32. The summed E-state index contributed by atoms with van der Waals surface area (Å²) in [5.74, 6) is 1.36. The van der Waals surface area contributed by atoms with Crippen molar-refractivity contribution in [2.24, 2.45) is 5.92 Å². The van der Waals surface area contributed by atoms with Gasteiger partial charge in [-0.05, 0) is 31.0 Å². The lowest BCUT2D eigenvalue weighted by molar-refractivity contribution is 0.380. The zero-order valence-corrected chi connectivity index (χ0v) is 13.1. The monoisotopic (exact) mass is 295 g/mol. The van der Waals surface area contributed by atoms with Crippen LogP contribution in [-0.4, -0.2) is 31.2 Å². The van der Waals surface area contributed by atoms with E-state index in [1.807, 2.05) is 25.3 Å². The molecule has 4 nitrogen and oxygen atoms in total. The highest BCUT2D eigenvalue weighted by molar-refractivity contribution is 5.92. The molecule has 0 radical (unpaired) electrons. The van der Waals surface area contributed by atoms with Gasteiger partial charge in [0.1, 0.15) is 5.75 Å². The maximum Gasteiger partial charge on any atom is 0.223 e. The first-order valence-corrected chi connectivity index (χ1v) is 7.77. The Balaban J connectivity index is 1.84. The first kappa shape index (κ1) is 14.6. The van der Waals surface area contributed by atoms with Crippen LogP contribution in [-0.2, 0) is 0 Å². The molecule has 1 aromatic heterocycles. The molecule has 3 rings (SSSR count). The highest BCUT2D eigenvalue weighted by Gasteiger charge is 2.27. The van der Waals surface area contributed by atoms with Crippen LogP contribution in [0.2, 0.25) is 0 Å². The fraction of sp³-hybridized carbons (Fsp3) is 0.444. The number of anilines is 1. The maximum atomic E-state index is 7.20. The van der Waals surface area contributed by atoms with Crippen molar-refractivity contribution in [2.45, 2.75) is 25.8 Å². The van der Waals surface area contributed by atoms with Crippen molar-refractivity contribution >= 4 is 16.6 Å². The Hall–Kier alpha value is -2.28. The zero-order valence-electron chi connectivity index (χ0n) is 13.1. The van der Waals surface area contributed by atoms with Crippen molar-refractivity contribution in [1.82, 2.24) is 4.98 Å². The molecule has 2 aromatic rings. The van der Waals surface area contributed by atoms with Gasteiger partial charge in [0.25, 0.3) is 0 Å². The summed E-state index contributed by atoms with van der Waals surface area (Å²) in [4.78, 5) is 10.6. The third kappa shape index (κ3) is 2.71. The second-order valence-corrected chi connectivity index (χ2v) is 5.91. The first-order chi connectivity index (χ1) is 10.7.